The Balaban J connectivity index is 2.01. The van der Waals surface area contributed by atoms with E-state index in [9.17, 15) is 4.39 Å². The molecule has 2 aromatic carbocycles. The second-order valence-electron chi connectivity index (χ2n) is 6.53. The van der Waals surface area contributed by atoms with Gasteiger partial charge in [0.2, 0.25) is 0 Å². The molecule has 0 saturated carbocycles. The van der Waals surface area contributed by atoms with E-state index >= 15 is 0 Å². The maximum atomic E-state index is 13.4. The molecule has 0 radical (unpaired) electrons. The fourth-order valence-corrected chi connectivity index (χ4v) is 3.20. The van der Waals surface area contributed by atoms with Gasteiger partial charge in [-0.1, -0.05) is 6.07 Å². The monoisotopic (exact) mass is 387 g/mol. The molecule has 0 unspecified atom stereocenters. The Labute approximate surface area is 166 Å². The van der Waals surface area contributed by atoms with Crippen LogP contribution < -0.4 is 17.3 Å². The number of fused-ring (bicyclic) bond motifs is 1. The summed E-state index contributed by atoms with van der Waals surface area (Å²) < 4.78 is 13.4. The van der Waals surface area contributed by atoms with Gasteiger partial charge in [0.15, 0.2) is 5.84 Å². The molecule has 8 heteroatoms. The number of nitrogens with zero attached hydrogens (tertiary/aromatic N) is 4. The normalized spacial score (nSPS) is 11.7. The molecule has 0 fully saturated rings. The van der Waals surface area contributed by atoms with Crippen LogP contribution in [0.5, 0.6) is 0 Å². The van der Waals surface area contributed by atoms with Crippen molar-refractivity contribution in [3.8, 4) is 22.4 Å². The van der Waals surface area contributed by atoms with Crippen LogP contribution in [0.3, 0.4) is 0 Å². The molecule has 0 bridgehead atoms. The number of hydrogen-bond donors (Lipinski definition) is 3. The number of aryl methyl sites for hydroxylation is 1. The fourth-order valence-electron chi connectivity index (χ4n) is 3.20. The highest BCUT2D eigenvalue weighted by Gasteiger charge is 2.16. The number of halogens is 1. The Morgan fingerprint density at radius 3 is 2.45 bits per heavy atom. The number of aromatic nitrogens is 3. The van der Waals surface area contributed by atoms with Crippen LogP contribution in [0.1, 0.15) is 11.3 Å². The quantitative estimate of drug-likeness (QED) is 0.214. The second-order valence-corrected chi connectivity index (χ2v) is 6.53. The SMILES string of the molecule is Cc1ncnc2ccc(-c3cc(/C(N)=N/N)c(N)nc3-c3ccc(F)cc3)cc12. The van der Waals surface area contributed by atoms with Crippen molar-refractivity contribution in [2.24, 2.45) is 16.7 Å². The van der Waals surface area contributed by atoms with Crippen LogP contribution in [0, 0.1) is 12.7 Å². The Morgan fingerprint density at radius 2 is 1.72 bits per heavy atom. The lowest BCUT2D eigenvalue weighted by molar-refractivity contribution is 0.628. The summed E-state index contributed by atoms with van der Waals surface area (Å²) >= 11 is 0. The van der Waals surface area contributed by atoms with Gasteiger partial charge in [-0.25, -0.2) is 19.3 Å². The zero-order chi connectivity index (χ0) is 20.5. The van der Waals surface area contributed by atoms with Gasteiger partial charge >= 0.3 is 0 Å². The predicted molar refractivity (Wildman–Crippen MR) is 112 cm³/mol. The highest BCUT2D eigenvalue weighted by Crippen LogP contribution is 2.34. The molecular weight excluding hydrogens is 369 g/mol. The van der Waals surface area contributed by atoms with Crippen LogP contribution >= 0.6 is 0 Å². The molecule has 29 heavy (non-hydrogen) atoms. The molecular formula is C21H18FN7. The summed E-state index contributed by atoms with van der Waals surface area (Å²) in [7, 11) is 0. The van der Waals surface area contributed by atoms with Crippen molar-refractivity contribution in [3.05, 3.63) is 71.9 Å². The van der Waals surface area contributed by atoms with Gasteiger partial charge in [0, 0.05) is 22.2 Å². The smallest absolute Gasteiger partial charge is 0.154 e. The summed E-state index contributed by atoms with van der Waals surface area (Å²) in [6.07, 6.45) is 1.53. The van der Waals surface area contributed by atoms with E-state index < -0.39 is 0 Å². The van der Waals surface area contributed by atoms with E-state index in [0.717, 1.165) is 27.7 Å². The molecule has 7 nitrogen and oxygen atoms in total. The Kier molecular flexibility index (Phi) is 4.52. The highest BCUT2D eigenvalue weighted by atomic mass is 19.1. The van der Waals surface area contributed by atoms with Crippen molar-refractivity contribution in [2.75, 3.05) is 5.73 Å². The first-order valence-corrected chi connectivity index (χ1v) is 8.80. The molecule has 2 heterocycles. The lowest BCUT2D eigenvalue weighted by Gasteiger charge is -2.14. The minimum absolute atomic E-state index is 0.0715. The summed E-state index contributed by atoms with van der Waals surface area (Å²) in [5.41, 5.74) is 17.0. The number of pyridine rings is 1. The van der Waals surface area contributed by atoms with E-state index in [4.69, 9.17) is 17.3 Å². The molecule has 0 aliphatic heterocycles. The molecule has 0 aliphatic rings. The third-order valence-electron chi connectivity index (χ3n) is 4.73. The Morgan fingerprint density at radius 1 is 1.00 bits per heavy atom. The van der Waals surface area contributed by atoms with E-state index in [2.05, 4.69) is 20.1 Å². The average Bonchev–Trinajstić information content (AvgIpc) is 2.74. The van der Waals surface area contributed by atoms with Gasteiger partial charge in [-0.3, -0.25) is 0 Å². The van der Waals surface area contributed by atoms with Gasteiger partial charge in [0.05, 0.1) is 16.8 Å². The largest absolute Gasteiger partial charge is 0.383 e. The van der Waals surface area contributed by atoms with Crippen LogP contribution in [-0.4, -0.2) is 20.8 Å². The molecule has 6 N–H and O–H groups in total. The summed E-state index contributed by atoms with van der Waals surface area (Å²) in [6, 6.07) is 13.6. The van der Waals surface area contributed by atoms with Crippen LogP contribution in [0.15, 0.2) is 60.0 Å². The number of nitrogen functional groups attached to an aromatic ring is 1. The zero-order valence-corrected chi connectivity index (χ0v) is 15.6. The molecule has 0 amide bonds. The number of nitrogens with two attached hydrogens (primary N) is 3. The Hall–Kier alpha value is -4.07. The summed E-state index contributed by atoms with van der Waals surface area (Å²) in [4.78, 5) is 13.1. The highest BCUT2D eigenvalue weighted by molar-refractivity contribution is 6.03. The van der Waals surface area contributed by atoms with Gasteiger partial charge in [0.25, 0.3) is 0 Å². The van der Waals surface area contributed by atoms with E-state index in [1.165, 1.54) is 18.5 Å². The number of hydrogen-bond acceptors (Lipinski definition) is 6. The van der Waals surface area contributed by atoms with E-state index in [0.29, 0.717) is 16.8 Å². The van der Waals surface area contributed by atoms with Gasteiger partial charge in [-0.2, -0.15) is 5.10 Å². The fraction of sp³-hybridized carbons (Fsp3) is 0.0476. The second kappa shape index (κ2) is 7.16. The van der Waals surface area contributed by atoms with Crippen LogP contribution in [0.25, 0.3) is 33.3 Å². The van der Waals surface area contributed by atoms with E-state index in [-0.39, 0.29) is 17.5 Å². The molecule has 0 spiro atoms. The summed E-state index contributed by atoms with van der Waals surface area (Å²) in [5, 5.41) is 4.45. The first kappa shape index (κ1) is 18.3. The van der Waals surface area contributed by atoms with Crippen LogP contribution in [0.2, 0.25) is 0 Å². The number of amidine groups is 1. The molecule has 4 rings (SSSR count). The van der Waals surface area contributed by atoms with Gasteiger partial charge < -0.3 is 17.3 Å². The topological polar surface area (TPSA) is 129 Å². The number of benzene rings is 2. The summed E-state index contributed by atoms with van der Waals surface area (Å²) in [6.45, 7) is 1.92. The van der Waals surface area contributed by atoms with Crippen molar-refractivity contribution in [1.82, 2.24) is 15.0 Å². The number of hydrazone groups is 1. The molecule has 0 aliphatic carbocycles. The third kappa shape index (κ3) is 3.31. The van der Waals surface area contributed by atoms with Crippen molar-refractivity contribution in [3.63, 3.8) is 0 Å². The van der Waals surface area contributed by atoms with Crippen molar-refractivity contribution < 1.29 is 4.39 Å². The number of rotatable bonds is 3. The number of anilines is 1. The van der Waals surface area contributed by atoms with E-state index in [1.54, 1.807) is 18.2 Å². The van der Waals surface area contributed by atoms with Crippen molar-refractivity contribution in [2.45, 2.75) is 6.92 Å². The molecule has 2 aromatic heterocycles. The maximum absolute atomic E-state index is 13.4. The first-order chi connectivity index (χ1) is 14.0. The maximum Gasteiger partial charge on any atom is 0.154 e. The first-order valence-electron chi connectivity index (χ1n) is 8.80. The van der Waals surface area contributed by atoms with Crippen LogP contribution in [-0.2, 0) is 0 Å². The van der Waals surface area contributed by atoms with Gasteiger partial charge in [-0.05, 0) is 55.0 Å². The average molecular weight is 387 g/mol. The minimum Gasteiger partial charge on any atom is -0.383 e. The molecule has 4 aromatic rings. The van der Waals surface area contributed by atoms with Gasteiger partial charge in [0.1, 0.15) is 18.0 Å². The van der Waals surface area contributed by atoms with E-state index in [1.807, 2.05) is 25.1 Å². The van der Waals surface area contributed by atoms with Crippen LogP contribution in [0.4, 0.5) is 10.2 Å². The predicted octanol–water partition coefficient (Wildman–Crippen LogP) is 2.97. The molecule has 144 valence electrons. The molecule has 0 saturated heterocycles. The third-order valence-corrected chi connectivity index (χ3v) is 4.73. The lowest BCUT2D eigenvalue weighted by Crippen LogP contribution is -2.18. The molecule has 0 atom stereocenters. The minimum atomic E-state index is -0.335. The van der Waals surface area contributed by atoms with Gasteiger partial charge in [-0.15, -0.1) is 0 Å². The van der Waals surface area contributed by atoms with Crippen molar-refractivity contribution >= 4 is 22.6 Å². The summed E-state index contributed by atoms with van der Waals surface area (Å²) in [5.74, 6) is 5.26. The lowest BCUT2D eigenvalue weighted by atomic mass is 9.96. The standard InChI is InChI=1S/C21H18FN7/c1-11-15-8-13(4-7-18(15)27-10-26-11)16-9-17(21(24)29-25)20(23)28-19(16)12-2-5-14(22)6-3-12/h2-10H,25H2,1H3,(H2,23,28)(H2,24,29). The van der Waals surface area contributed by atoms with Crippen molar-refractivity contribution in [1.29, 1.82) is 0 Å². The zero-order valence-electron chi connectivity index (χ0n) is 15.6. The Bertz CT molecular complexity index is 1250.